The van der Waals surface area contributed by atoms with Crippen molar-refractivity contribution in [3.63, 3.8) is 0 Å². The molecule has 0 aromatic rings. The molecule has 1 aliphatic rings. The highest BCUT2D eigenvalue weighted by molar-refractivity contribution is 5.86. The topological polar surface area (TPSA) is 75.6 Å². The molecule has 0 heterocycles. The highest BCUT2D eigenvalue weighted by Gasteiger charge is 2.41. The number of aliphatic carboxylic acids is 1. The summed E-state index contributed by atoms with van der Waals surface area (Å²) < 4.78 is 39.4. The summed E-state index contributed by atoms with van der Waals surface area (Å²) in [6.45, 7) is -1.67. The summed E-state index contributed by atoms with van der Waals surface area (Å²) in [5.74, 6) is -2.72. The molecule has 0 aromatic heterocycles. The van der Waals surface area contributed by atoms with Gasteiger partial charge in [-0.1, -0.05) is 0 Å². The van der Waals surface area contributed by atoms with Crippen LogP contribution < -0.4 is 5.32 Å². The Labute approximate surface area is 101 Å². The number of carbonyl (C=O) groups excluding carboxylic acids is 1. The zero-order valence-electron chi connectivity index (χ0n) is 9.50. The number of nitrogens with one attached hydrogen (secondary N) is 1. The van der Waals surface area contributed by atoms with Crippen molar-refractivity contribution in [3.8, 4) is 0 Å². The Morgan fingerprint density at radius 2 is 1.89 bits per heavy atom. The van der Waals surface area contributed by atoms with Crippen molar-refractivity contribution in [2.45, 2.75) is 19.0 Å². The van der Waals surface area contributed by atoms with Crippen molar-refractivity contribution >= 4 is 11.9 Å². The molecule has 104 valence electrons. The number of alkyl halides is 3. The molecule has 2 unspecified atom stereocenters. The van der Waals surface area contributed by atoms with E-state index in [1.165, 1.54) is 0 Å². The van der Waals surface area contributed by atoms with E-state index in [2.05, 4.69) is 10.1 Å². The second-order valence-electron chi connectivity index (χ2n) is 4.09. The van der Waals surface area contributed by atoms with Gasteiger partial charge in [0.05, 0.1) is 18.4 Å². The lowest BCUT2D eigenvalue weighted by atomic mass is 9.73. The van der Waals surface area contributed by atoms with Crippen molar-refractivity contribution in [1.29, 1.82) is 0 Å². The quantitative estimate of drug-likeness (QED) is 0.699. The van der Waals surface area contributed by atoms with Crippen molar-refractivity contribution in [2.24, 2.45) is 11.8 Å². The van der Waals surface area contributed by atoms with Gasteiger partial charge in [-0.25, -0.2) is 0 Å². The van der Waals surface area contributed by atoms with Crippen LogP contribution >= 0.6 is 0 Å². The Balaban J connectivity index is 2.13. The van der Waals surface area contributed by atoms with E-state index in [0.717, 1.165) is 0 Å². The lowest BCUT2D eigenvalue weighted by Crippen LogP contribution is -2.44. The van der Waals surface area contributed by atoms with Crippen LogP contribution in [-0.2, 0) is 14.3 Å². The Hall–Kier alpha value is -1.31. The van der Waals surface area contributed by atoms with Gasteiger partial charge in [0, 0.05) is 6.54 Å². The van der Waals surface area contributed by atoms with Gasteiger partial charge in [-0.15, -0.1) is 0 Å². The predicted molar refractivity (Wildman–Crippen MR) is 53.7 cm³/mol. The van der Waals surface area contributed by atoms with E-state index in [0.29, 0.717) is 12.8 Å². The Morgan fingerprint density at radius 1 is 1.28 bits per heavy atom. The Kier molecular flexibility index (Phi) is 4.94. The zero-order chi connectivity index (χ0) is 13.8. The average Bonchev–Trinajstić information content (AvgIpc) is 2.12. The third-order valence-corrected chi connectivity index (χ3v) is 2.74. The first-order valence-electron chi connectivity index (χ1n) is 5.46. The number of carboxylic acid groups (broad SMARTS) is 1. The number of hydrogen-bond donors (Lipinski definition) is 2. The van der Waals surface area contributed by atoms with Gasteiger partial charge in [-0.05, 0) is 12.8 Å². The Bertz CT molecular complexity index is 319. The summed E-state index contributed by atoms with van der Waals surface area (Å²) in [6.07, 6.45) is -3.43. The summed E-state index contributed by atoms with van der Waals surface area (Å²) in [4.78, 5) is 22.1. The minimum absolute atomic E-state index is 0.0578. The molecule has 1 fully saturated rings. The molecule has 0 spiro atoms. The normalized spacial score (nSPS) is 23.3. The van der Waals surface area contributed by atoms with E-state index in [4.69, 9.17) is 5.11 Å². The summed E-state index contributed by atoms with van der Waals surface area (Å²) >= 11 is 0. The molecule has 2 N–H and O–H groups in total. The maximum Gasteiger partial charge on any atom is 0.411 e. The lowest BCUT2D eigenvalue weighted by molar-refractivity contribution is -0.173. The summed E-state index contributed by atoms with van der Waals surface area (Å²) in [5.41, 5.74) is 0. The summed E-state index contributed by atoms with van der Waals surface area (Å²) in [6, 6.07) is 0. The van der Waals surface area contributed by atoms with Gasteiger partial charge in [0.15, 0.2) is 0 Å². The van der Waals surface area contributed by atoms with E-state index in [9.17, 15) is 22.8 Å². The number of amides is 1. The van der Waals surface area contributed by atoms with Gasteiger partial charge in [0.2, 0.25) is 5.91 Å². The zero-order valence-corrected chi connectivity index (χ0v) is 9.50. The van der Waals surface area contributed by atoms with Crippen molar-refractivity contribution in [1.82, 2.24) is 5.32 Å². The molecule has 1 rings (SSSR count). The van der Waals surface area contributed by atoms with Crippen molar-refractivity contribution in [2.75, 3.05) is 19.8 Å². The first-order chi connectivity index (χ1) is 8.31. The molecule has 1 amide bonds. The van der Waals surface area contributed by atoms with Gasteiger partial charge >= 0.3 is 12.1 Å². The van der Waals surface area contributed by atoms with Crippen molar-refractivity contribution < 1.29 is 32.6 Å². The van der Waals surface area contributed by atoms with Crippen LogP contribution in [0.15, 0.2) is 0 Å². The monoisotopic (exact) mass is 269 g/mol. The third-order valence-electron chi connectivity index (χ3n) is 2.74. The molecule has 0 radical (unpaired) electrons. The maximum atomic E-state index is 11.7. The van der Waals surface area contributed by atoms with E-state index in [1.807, 2.05) is 0 Å². The first kappa shape index (κ1) is 14.7. The minimum Gasteiger partial charge on any atom is -0.481 e. The smallest absolute Gasteiger partial charge is 0.411 e. The van der Waals surface area contributed by atoms with Gasteiger partial charge in [0.25, 0.3) is 0 Å². The van der Waals surface area contributed by atoms with Crippen LogP contribution in [-0.4, -0.2) is 42.9 Å². The fraction of sp³-hybridized carbons (Fsp3) is 0.800. The number of carboxylic acids is 1. The highest BCUT2D eigenvalue weighted by Crippen LogP contribution is 2.34. The van der Waals surface area contributed by atoms with Gasteiger partial charge in [0.1, 0.15) is 6.61 Å². The Morgan fingerprint density at radius 3 is 2.33 bits per heavy atom. The second kappa shape index (κ2) is 6.03. The number of rotatable bonds is 6. The van der Waals surface area contributed by atoms with E-state index in [1.54, 1.807) is 0 Å². The van der Waals surface area contributed by atoms with Crippen LogP contribution in [0.1, 0.15) is 12.8 Å². The molecule has 1 saturated carbocycles. The fourth-order valence-corrected chi connectivity index (χ4v) is 1.67. The lowest BCUT2D eigenvalue weighted by Gasteiger charge is -2.31. The number of carbonyl (C=O) groups is 2. The van der Waals surface area contributed by atoms with Crippen LogP contribution in [0.25, 0.3) is 0 Å². The average molecular weight is 269 g/mol. The number of ether oxygens (including phenoxy) is 1. The van der Waals surface area contributed by atoms with Crippen LogP contribution in [0, 0.1) is 11.8 Å². The van der Waals surface area contributed by atoms with Crippen LogP contribution in [0.2, 0.25) is 0 Å². The van der Waals surface area contributed by atoms with Crippen LogP contribution in [0.4, 0.5) is 13.2 Å². The molecule has 0 saturated heterocycles. The molecular formula is C10H14F3NO4. The van der Waals surface area contributed by atoms with E-state index >= 15 is 0 Å². The predicted octanol–water partition coefficient (Wildman–Crippen LogP) is 0.792. The number of halogens is 3. The molecule has 2 atom stereocenters. The second-order valence-corrected chi connectivity index (χ2v) is 4.09. The van der Waals surface area contributed by atoms with E-state index < -0.39 is 36.5 Å². The number of hydrogen-bond acceptors (Lipinski definition) is 3. The molecule has 18 heavy (non-hydrogen) atoms. The first-order valence-corrected chi connectivity index (χ1v) is 5.46. The van der Waals surface area contributed by atoms with E-state index in [-0.39, 0.29) is 13.2 Å². The van der Waals surface area contributed by atoms with Gasteiger partial charge < -0.3 is 15.2 Å². The third kappa shape index (κ3) is 4.52. The highest BCUT2D eigenvalue weighted by atomic mass is 19.4. The fourth-order valence-electron chi connectivity index (χ4n) is 1.67. The minimum atomic E-state index is -4.38. The molecule has 0 bridgehead atoms. The molecular weight excluding hydrogens is 255 g/mol. The summed E-state index contributed by atoms with van der Waals surface area (Å²) in [5, 5.41) is 11.1. The van der Waals surface area contributed by atoms with Gasteiger partial charge in [-0.2, -0.15) is 13.2 Å². The van der Waals surface area contributed by atoms with Crippen LogP contribution in [0.5, 0.6) is 0 Å². The standard InChI is InChI=1S/C10H14F3NO4/c11-10(12,13)5-18-4-3-14-8(15)6-1-2-7(6)9(16)17/h6-7H,1-5H2,(H,14,15)(H,16,17). The molecule has 0 aliphatic heterocycles. The summed E-state index contributed by atoms with van der Waals surface area (Å²) in [7, 11) is 0. The largest absolute Gasteiger partial charge is 0.481 e. The van der Waals surface area contributed by atoms with Gasteiger partial charge in [-0.3, -0.25) is 9.59 Å². The maximum absolute atomic E-state index is 11.7. The van der Waals surface area contributed by atoms with Crippen LogP contribution in [0.3, 0.4) is 0 Å². The SMILES string of the molecule is O=C(O)C1CCC1C(=O)NCCOCC(F)(F)F. The molecule has 8 heteroatoms. The molecule has 0 aromatic carbocycles. The molecule has 1 aliphatic carbocycles. The van der Waals surface area contributed by atoms with Crippen molar-refractivity contribution in [3.05, 3.63) is 0 Å². The molecule has 5 nitrogen and oxygen atoms in total.